The van der Waals surface area contributed by atoms with Crippen LogP contribution in [0, 0.1) is 0 Å². The van der Waals surface area contributed by atoms with E-state index in [1.807, 2.05) is 18.2 Å². The van der Waals surface area contributed by atoms with Crippen LogP contribution in [0.2, 0.25) is 5.02 Å². The smallest absolute Gasteiger partial charge is 0.244 e. The van der Waals surface area contributed by atoms with Gasteiger partial charge in [-0.2, -0.15) is 4.98 Å². The van der Waals surface area contributed by atoms with Gasteiger partial charge in [0.15, 0.2) is 0 Å². The van der Waals surface area contributed by atoms with Crippen LogP contribution < -0.4 is 4.74 Å². The zero-order chi connectivity index (χ0) is 17.9. The third-order valence-corrected chi connectivity index (χ3v) is 4.85. The predicted octanol–water partition coefficient (Wildman–Crippen LogP) is 4.13. The fraction of sp³-hybridized carbons (Fsp3) is 0.316. The zero-order valence-corrected chi connectivity index (χ0v) is 15.2. The van der Waals surface area contributed by atoms with Crippen molar-refractivity contribution >= 4 is 11.6 Å². The number of aromatic nitrogens is 3. The van der Waals surface area contributed by atoms with Gasteiger partial charge in [0, 0.05) is 29.4 Å². The highest BCUT2D eigenvalue weighted by Crippen LogP contribution is 2.33. The molecule has 0 saturated carbocycles. The number of rotatable bonds is 5. The molecule has 1 aliphatic rings. The largest absolute Gasteiger partial charge is 0.481 e. The highest BCUT2D eigenvalue weighted by atomic mass is 35.5. The summed E-state index contributed by atoms with van der Waals surface area (Å²) in [5.41, 5.74) is 2.03. The Bertz CT molecular complexity index is 864. The molecule has 134 valence electrons. The maximum Gasteiger partial charge on any atom is 0.244 e. The van der Waals surface area contributed by atoms with E-state index >= 15 is 0 Å². The number of likely N-dealkylation sites (tertiary alicyclic amines) is 1. The van der Waals surface area contributed by atoms with Crippen molar-refractivity contribution in [2.45, 2.75) is 25.4 Å². The van der Waals surface area contributed by atoms with Crippen molar-refractivity contribution in [1.82, 2.24) is 20.0 Å². The van der Waals surface area contributed by atoms with Crippen LogP contribution in [0.3, 0.4) is 0 Å². The molecule has 1 saturated heterocycles. The molecule has 0 spiro atoms. The minimum atomic E-state index is 0.137. The quantitative estimate of drug-likeness (QED) is 0.672. The molecule has 0 N–H and O–H groups in total. The molecule has 0 radical (unpaired) electrons. The number of hydrogen-bond acceptors (Lipinski definition) is 6. The summed E-state index contributed by atoms with van der Waals surface area (Å²) in [7, 11) is 1.59. The minimum Gasteiger partial charge on any atom is -0.481 e. The molecule has 0 bridgehead atoms. The van der Waals surface area contributed by atoms with Gasteiger partial charge in [-0.3, -0.25) is 4.90 Å². The lowest BCUT2D eigenvalue weighted by atomic mass is 10.2. The molecule has 3 aromatic rings. The maximum absolute atomic E-state index is 5.97. The van der Waals surface area contributed by atoms with E-state index in [-0.39, 0.29) is 6.04 Å². The standard InChI is InChI=1S/C19H19ClN4O2/c1-25-17-9-6-14(11-21-17)18-22-19(26-23-18)16-3-2-10-24(16)12-13-4-7-15(20)8-5-13/h4-9,11,16H,2-3,10,12H2,1H3. The summed E-state index contributed by atoms with van der Waals surface area (Å²) < 4.78 is 10.6. The van der Waals surface area contributed by atoms with E-state index in [0.29, 0.717) is 17.6 Å². The van der Waals surface area contributed by atoms with Gasteiger partial charge in [0.1, 0.15) is 0 Å². The summed E-state index contributed by atoms with van der Waals surface area (Å²) in [6, 6.07) is 11.7. The lowest BCUT2D eigenvalue weighted by molar-refractivity contribution is 0.201. The second kappa shape index (κ2) is 7.43. The van der Waals surface area contributed by atoms with Crippen molar-refractivity contribution < 1.29 is 9.26 Å². The SMILES string of the molecule is COc1ccc(-c2noc(C3CCCN3Cc3ccc(Cl)cc3)n2)cn1. The Balaban J connectivity index is 1.51. The zero-order valence-electron chi connectivity index (χ0n) is 14.4. The van der Waals surface area contributed by atoms with Gasteiger partial charge in [-0.1, -0.05) is 28.9 Å². The molecule has 0 amide bonds. The van der Waals surface area contributed by atoms with E-state index in [1.54, 1.807) is 19.4 Å². The first-order valence-corrected chi connectivity index (χ1v) is 8.93. The number of halogens is 1. The number of nitrogens with zero attached hydrogens (tertiary/aromatic N) is 4. The summed E-state index contributed by atoms with van der Waals surface area (Å²) >= 11 is 5.97. The second-order valence-electron chi connectivity index (χ2n) is 6.30. The third kappa shape index (κ3) is 3.57. The number of benzene rings is 1. The average molecular weight is 371 g/mol. The first-order chi connectivity index (χ1) is 12.7. The molecule has 0 aliphatic carbocycles. The summed E-state index contributed by atoms with van der Waals surface area (Å²) in [5.74, 6) is 1.76. The van der Waals surface area contributed by atoms with Crippen molar-refractivity contribution in [2.24, 2.45) is 0 Å². The Morgan fingerprint density at radius 2 is 2.08 bits per heavy atom. The molecular formula is C19H19ClN4O2. The molecule has 1 fully saturated rings. The van der Waals surface area contributed by atoms with E-state index < -0.39 is 0 Å². The number of pyridine rings is 1. The normalized spacial score (nSPS) is 17.5. The highest BCUT2D eigenvalue weighted by Gasteiger charge is 2.30. The van der Waals surface area contributed by atoms with Crippen molar-refractivity contribution in [3.05, 3.63) is 59.1 Å². The lowest BCUT2D eigenvalue weighted by Gasteiger charge is -2.21. The summed E-state index contributed by atoms with van der Waals surface area (Å²) in [5, 5.41) is 4.88. The van der Waals surface area contributed by atoms with Gasteiger partial charge in [-0.15, -0.1) is 0 Å². The molecular weight excluding hydrogens is 352 g/mol. The monoisotopic (exact) mass is 370 g/mol. The number of hydrogen-bond donors (Lipinski definition) is 0. The van der Waals surface area contributed by atoms with Crippen LogP contribution in [0.5, 0.6) is 5.88 Å². The second-order valence-corrected chi connectivity index (χ2v) is 6.74. The van der Waals surface area contributed by atoms with Crippen LogP contribution in [0.25, 0.3) is 11.4 Å². The van der Waals surface area contributed by atoms with Crippen LogP contribution in [0.4, 0.5) is 0 Å². The predicted molar refractivity (Wildman–Crippen MR) is 97.9 cm³/mol. The summed E-state index contributed by atoms with van der Waals surface area (Å²) in [6.45, 7) is 1.85. The molecule has 1 unspecified atom stereocenters. The minimum absolute atomic E-state index is 0.137. The highest BCUT2D eigenvalue weighted by molar-refractivity contribution is 6.30. The molecule has 6 nitrogen and oxygen atoms in total. The number of methoxy groups -OCH3 is 1. The fourth-order valence-electron chi connectivity index (χ4n) is 3.24. The molecule has 7 heteroatoms. The van der Waals surface area contributed by atoms with E-state index in [9.17, 15) is 0 Å². The Labute approximate surface area is 156 Å². The summed E-state index contributed by atoms with van der Waals surface area (Å²) in [4.78, 5) is 11.2. The van der Waals surface area contributed by atoms with Crippen LogP contribution >= 0.6 is 11.6 Å². The number of ether oxygens (including phenoxy) is 1. The first-order valence-electron chi connectivity index (χ1n) is 8.55. The van der Waals surface area contributed by atoms with Crippen molar-refractivity contribution in [3.8, 4) is 17.3 Å². The third-order valence-electron chi connectivity index (χ3n) is 4.59. The molecule has 26 heavy (non-hydrogen) atoms. The van der Waals surface area contributed by atoms with Crippen molar-refractivity contribution in [3.63, 3.8) is 0 Å². The van der Waals surface area contributed by atoms with Crippen LogP contribution in [0.1, 0.15) is 30.3 Å². The van der Waals surface area contributed by atoms with E-state index in [4.69, 9.17) is 20.9 Å². The topological polar surface area (TPSA) is 64.3 Å². The van der Waals surface area contributed by atoms with Gasteiger partial charge in [0.25, 0.3) is 0 Å². The van der Waals surface area contributed by atoms with Crippen LogP contribution in [-0.2, 0) is 6.54 Å². The van der Waals surface area contributed by atoms with Crippen molar-refractivity contribution in [2.75, 3.05) is 13.7 Å². The van der Waals surface area contributed by atoms with Gasteiger partial charge >= 0.3 is 0 Å². The average Bonchev–Trinajstić information content (AvgIpc) is 3.33. The Kier molecular flexibility index (Phi) is 4.86. The van der Waals surface area contributed by atoms with Gasteiger partial charge in [-0.05, 0) is 43.1 Å². The van der Waals surface area contributed by atoms with Crippen LogP contribution in [-0.4, -0.2) is 33.7 Å². The lowest BCUT2D eigenvalue weighted by Crippen LogP contribution is -2.23. The molecule has 3 heterocycles. The van der Waals surface area contributed by atoms with E-state index in [2.05, 4.69) is 32.2 Å². The molecule has 1 aliphatic heterocycles. The Morgan fingerprint density at radius 3 is 2.81 bits per heavy atom. The summed E-state index contributed by atoms with van der Waals surface area (Å²) in [6.07, 6.45) is 3.81. The van der Waals surface area contributed by atoms with Crippen LogP contribution in [0.15, 0.2) is 47.1 Å². The Morgan fingerprint density at radius 1 is 1.23 bits per heavy atom. The van der Waals surface area contributed by atoms with Gasteiger partial charge in [-0.25, -0.2) is 4.98 Å². The van der Waals surface area contributed by atoms with Gasteiger partial charge < -0.3 is 9.26 Å². The first kappa shape index (κ1) is 17.0. The maximum atomic E-state index is 5.97. The van der Waals surface area contributed by atoms with E-state index in [1.165, 1.54) is 5.56 Å². The van der Waals surface area contributed by atoms with Gasteiger partial charge in [0.05, 0.1) is 13.2 Å². The molecule has 2 aromatic heterocycles. The van der Waals surface area contributed by atoms with E-state index in [0.717, 1.165) is 36.5 Å². The van der Waals surface area contributed by atoms with Crippen molar-refractivity contribution in [1.29, 1.82) is 0 Å². The Hall–Kier alpha value is -2.44. The fourth-order valence-corrected chi connectivity index (χ4v) is 3.37. The molecule has 4 rings (SSSR count). The molecule has 1 aromatic carbocycles. The molecule has 1 atom stereocenters. The van der Waals surface area contributed by atoms with Gasteiger partial charge in [0.2, 0.25) is 17.6 Å².